The van der Waals surface area contributed by atoms with Crippen molar-refractivity contribution in [2.75, 3.05) is 19.6 Å². The normalized spacial score (nSPS) is 16.8. The summed E-state index contributed by atoms with van der Waals surface area (Å²) < 4.78 is 0. The number of carbonyl (C=O) groups excluding carboxylic acids is 1. The number of nitriles is 1. The third-order valence-corrected chi connectivity index (χ3v) is 3.60. The van der Waals surface area contributed by atoms with E-state index < -0.39 is 0 Å². The topological polar surface area (TPSA) is 56.1 Å². The van der Waals surface area contributed by atoms with E-state index in [1.807, 2.05) is 6.07 Å². The van der Waals surface area contributed by atoms with Crippen LogP contribution in [-0.2, 0) is 0 Å². The molecule has 0 bridgehead atoms. The minimum atomic E-state index is -0.0736. The highest BCUT2D eigenvalue weighted by molar-refractivity contribution is 5.94. The maximum absolute atomic E-state index is 12.0. The van der Waals surface area contributed by atoms with Crippen LogP contribution in [0.4, 0.5) is 0 Å². The predicted octanol–water partition coefficient (Wildman–Crippen LogP) is 1.77. The molecule has 1 heterocycles. The number of hydrogen-bond donors (Lipinski definition) is 1. The number of amides is 1. The Balaban J connectivity index is 1.84. The lowest BCUT2D eigenvalue weighted by molar-refractivity contribution is 0.0940. The quantitative estimate of drug-likeness (QED) is 0.894. The summed E-state index contributed by atoms with van der Waals surface area (Å²) in [6.45, 7) is 5.07. The molecule has 0 aromatic heterocycles. The highest BCUT2D eigenvalue weighted by atomic mass is 16.1. The van der Waals surface area contributed by atoms with Gasteiger partial charge in [-0.15, -0.1) is 0 Å². The molecule has 2 rings (SSSR count). The summed E-state index contributed by atoms with van der Waals surface area (Å²) >= 11 is 0. The standard InChI is InChI=1S/C15H19N3O/c1-12(18-8-2-3-9-18)11-17-15(19)14-6-4-13(10-16)5-7-14/h4-7,12H,2-3,8-9,11H2,1H3,(H,17,19). The van der Waals surface area contributed by atoms with Gasteiger partial charge in [0.05, 0.1) is 11.6 Å². The fourth-order valence-electron chi connectivity index (χ4n) is 2.35. The van der Waals surface area contributed by atoms with E-state index in [1.165, 1.54) is 12.8 Å². The molecule has 4 nitrogen and oxygen atoms in total. The van der Waals surface area contributed by atoms with Gasteiger partial charge in [-0.25, -0.2) is 0 Å². The fourth-order valence-corrected chi connectivity index (χ4v) is 2.35. The highest BCUT2D eigenvalue weighted by Gasteiger charge is 2.18. The molecule has 0 saturated carbocycles. The van der Waals surface area contributed by atoms with Crippen molar-refractivity contribution in [2.45, 2.75) is 25.8 Å². The van der Waals surface area contributed by atoms with Gasteiger partial charge in [0, 0.05) is 18.2 Å². The Labute approximate surface area is 114 Å². The molecule has 1 aromatic carbocycles. The van der Waals surface area contributed by atoms with Crippen LogP contribution in [0.5, 0.6) is 0 Å². The Kier molecular flexibility index (Phi) is 4.53. The molecule has 1 fully saturated rings. The van der Waals surface area contributed by atoms with Crippen LogP contribution in [-0.4, -0.2) is 36.5 Å². The van der Waals surface area contributed by atoms with Crippen molar-refractivity contribution in [3.05, 3.63) is 35.4 Å². The molecular formula is C15H19N3O. The Hall–Kier alpha value is -1.86. The summed E-state index contributed by atoms with van der Waals surface area (Å²) in [6.07, 6.45) is 2.52. The Morgan fingerprint density at radius 3 is 2.58 bits per heavy atom. The average Bonchev–Trinajstić information content (AvgIpc) is 2.98. The van der Waals surface area contributed by atoms with Crippen molar-refractivity contribution in [3.63, 3.8) is 0 Å². The van der Waals surface area contributed by atoms with Gasteiger partial charge in [0.2, 0.25) is 0 Å². The molecule has 1 aromatic rings. The molecule has 1 aliphatic heterocycles. The number of carbonyl (C=O) groups is 1. The van der Waals surface area contributed by atoms with E-state index in [4.69, 9.17) is 5.26 Å². The molecule has 4 heteroatoms. The van der Waals surface area contributed by atoms with E-state index in [-0.39, 0.29) is 5.91 Å². The monoisotopic (exact) mass is 257 g/mol. The van der Waals surface area contributed by atoms with Gasteiger partial charge in [-0.05, 0) is 57.1 Å². The van der Waals surface area contributed by atoms with Crippen LogP contribution in [0.25, 0.3) is 0 Å². The zero-order chi connectivity index (χ0) is 13.7. The first-order chi connectivity index (χ1) is 9.20. The molecule has 1 N–H and O–H groups in total. The number of benzene rings is 1. The van der Waals surface area contributed by atoms with Crippen LogP contribution >= 0.6 is 0 Å². The Bertz CT molecular complexity index is 469. The molecule has 100 valence electrons. The zero-order valence-electron chi connectivity index (χ0n) is 11.2. The van der Waals surface area contributed by atoms with E-state index in [0.29, 0.717) is 23.7 Å². The van der Waals surface area contributed by atoms with Crippen molar-refractivity contribution in [1.29, 1.82) is 5.26 Å². The van der Waals surface area contributed by atoms with Crippen LogP contribution in [0.2, 0.25) is 0 Å². The third-order valence-electron chi connectivity index (χ3n) is 3.60. The van der Waals surface area contributed by atoms with Crippen molar-refractivity contribution in [2.24, 2.45) is 0 Å². The Morgan fingerprint density at radius 1 is 1.37 bits per heavy atom. The fraction of sp³-hybridized carbons (Fsp3) is 0.467. The Morgan fingerprint density at radius 2 is 2.00 bits per heavy atom. The predicted molar refractivity (Wildman–Crippen MR) is 73.8 cm³/mol. The number of hydrogen-bond acceptors (Lipinski definition) is 3. The molecular weight excluding hydrogens is 238 g/mol. The lowest BCUT2D eigenvalue weighted by Gasteiger charge is -2.23. The van der Waals surface area contributed by atoms with Crippen molar-refractivity contribution in [3.8, 4) is 6.07 Å². The van der Waals surface area contributed by atoms with E-state index in [0.717, 1.165) is 13.1 Å². The van der Waals surface area contributed by atoms with Crippen LogP contribution in [0, 0.1) is 11.3 Å². The minimum Gasteiger partial charge on any atom is -0.350 e. The molecule has 0 radical (unpaired) electrons. The summed E-state index contributed by atoms with van der Waals surface area (Å²) in [4.78, 5) is 14.4. The van der Waals surface area contributed by atoms with Crippen LogP contribution < -0.4 is 5.32 Å². The summed E-state index contributed by atoms with van der Waals surface area (Å²) in [6, 6.07) is 9.13. The van der Waals surface area contributed by atoms with Crippen LogP contribution in [0.15, 0.2) is 24.3 Å². The van der Waals surface area contributed by atoms with Gasteiger partial charge in [-0.1, -0.05) is 0 Å². The van der Waals surface area contributed by atoms with Gasteiger partial charge in [0.15, 0.2) is 0 Å². The van der Waals surface area contributed by atoms with Crippen molar-refractivity contribution < 1.29 is 4.79 Å². The molecule has 0 aliphatic carbocycles. The largest absolute Gasteiger partial charge is 0.350 e. The molecule has 1 atom stereocenters. The SMILES string of the molecule is CC(CNC(=O)c1ccc(C#N)cc1)N1CCCC1. The average molecular weight is 257 g/mol. The van der Waals surface area contributed by atoms with E-state index in [9.17, 15) is 4.79 Å². The summed E-state index contributed by atoms with van der Waals surface area (Å²) in [7, 11) is 0. The summed E-state index contributed by atoms with van der Waals surface area (Å²) in [5.74, 6) is -0.0736. The summed E-state index contributed by atoms with van der Waals surface area (Å²) in [5, 5.41) is 11.7. The maximum Gasteiger partial charge on any atom is 0.251 e. The molecule has 1 saturated heterocycles. The second-order valence-electron chi connectivity index (χ2n) is 4.99. The molecule has 19 heavy (non-hydrogen) atoms. The summed E-state index contributed by atoms with van der Waals surface area (Å²) in [5.41, 5.74) is 1.18. The second kappa shape index (κ2) is 6.35. The number of nitrogens with one attached hydrogen (secondary N) is 1. The lowest BCUT2D eigenvalue weighted by atomic mass is 10.1. The number of likely N-dealkylation sites (tertiary alicyclic amines) is 1. The van der Waals surface area contributed by atoms with Crippen LogP contribution in [0.3, 0.4) is 0 Å². The maximum atomic E-state index is 12.0. The van der Waals surface area contributed by atoms with Crippen molar-refractivity contribution >= 4 is 5.91 Å². The molecule has 1 amide bonds. The van der Waals surface area contributed by atoms with Gasteiger partial charge in [0.25, 0.3) is 5.91 Å². The molecule has 0 spiro atoms. The highest BCUT2D eigenvalue weighted by Crippen LogP contribution is 2.11. The van der Waals surface area contributed by atoms with Gasteiger partial charge < -0.3 is 5.32 Å². The van der Waals surface area contributed by atoms with Gasteiger partial charge in [0.1, 0.15) is 0 Å². The second-order valence-corrected chi connectivity index (χ2v) is 4.99. The van der Waals surface area contributed by atoms with Gasteiger partial charge >= 0.3 is 0 Å². The van der Waals surface area contributed by atoms with Crippen LogP contribution in [0.1, 0.15) is 35.7 Å². The smallest absolute Gasteiger partial charge is 0.251 e. The first-order valence-electron chi connectivity index (χ1n) is 6.73. The van der Waals surface area contributed by atoms with Gasteiger partial charge in [-0.2, -0.15) is 5.26 Å². The van der Waals surface area contributed by atoms with Gasteiger partial charge in [-0.3, -0.25) is 9.69 Å². The lowest BCUT2D eigenvalue weighted by Crippen LogP contribution is -2.40. The first-order valence-corrected chi connectivity index (χ1v) is 6.73. The third kappa shape index (κ3) is 3.55. The molecule has 1 aliphatic rings. The first kappa shape index (κ1) is 13.6. The molecule has 1 unspecified atom stereocenters. The minimum absolute atomic E-state index is 0.0736. The number of rotatable bonds is 4. The number of nitrogens with zero attached hydrogens (tertiary/aromatic N) is 2. The van der Waals surface area contributed by atoms with E-state index in [2.05, 4.69) is 17.1 Å². The van der Waals surface area contributed by atoms with E-state index >= 15 is 0 Å². The van der Waals surface area contributed by atoms with E-state index in [1.54, 1.807) is 24.3 Å². The zero-order valence-corrected chi connectivity index (χ0v) is 11.2. The van der Waals surface area contributed by atoms with Crippen molar-refractivity contribution in [1.82, 2.24) is 10.2 Å².